The van der Waals surface area contributed by atoms with Crippen LogP contribution in [0.2, 0.25) is 0 Å². The molecule has 56 heavy (non-hydrogen) atoms. The third-order valence-electron chi connectivity index (χ3n) is 10.9. The van der Waals surface area contributed by atoms with E-state index in [-0.39, 0.29) is 35.7 Å². The highest BCUT2D eigenvalue weighted by Crippen LogP contribution is 2.34. The molecule has 0 aliphatic carbocycles. The van der Waals surface area contributed by atoms with Crippen LogP contribution in [0.25, 0.3) is 33.6 Å². The average molecular weight is 767 g/mol. The standard InChI is InChI=1S/C42H54N8O6/c1-23(2)35(51)39(53)45-25(5)41(55)49-19-7-9-33(49)37-43-21-31(47-37)29-15-11-27(12-16-29)28-13-17-30(18-14-28)32-22-44-38(48-32)34-10-8-20-50(34)42(56)26(6)46-40(54)36(52)24(3)4/h11-18,21-26,33-36,51-52H,7-10,19-20H2,1-6H3,(H,43,47)(H,44,48)(H,45,53)(H,46,54)/t25-,26-,33-,34-,35+,36?/m0/s1. The normalized spacial score (nSPS) is 19.2. The molecule has 6 N–H and O–H groups in total. The Morgan fingerprint density at radius 2 is 0.946 bits per heavy atom. The van der Waals surface area contributed by atoms with Crippen LogP contribution < -0.4 is 10.6 Å². The van der Waals surface area contributed by atoms with Gasteiger partial charge in [-0.05, 0) is 73.6 Å². The smallest absolute Gasteiger partial charge is 0.249 e. The zero-order valence-corrected chi connectivity index (χ0v) is 33.0. The number of hydrogen-bond acceptors (Lipinski definition) is 8. The van der Waals surface area contributed by atoms with Crippen LogP contribution in [0.5, 0.6) is 0 Å². The van der Waals surface area contributed by atoms with Crippen molar-refractivity contribution in [1.82, 2.24) is 40.4 Å². The molecule has 4 aromatic rings. The van der Waals surface area contributed by atoms with Crippen LogP contribution >= 0.6 is 0 Å². The maximum absolute atomic E-state index is 13.3. The maximum Gasteiger partial charge on any atom is 0.249 e. The number of nitrogens with zero attached hydrogens (tertiary/aromatic N) is 4. The Morgan fingerprint density at radius 1 is 0.607 bits per heavy atom. The number of aromatic nitrogens is 4. The van der Waals surface area contributed by atoms with E-state index in [9.17, 15) is 29.4 Å². The van der Waals surface area contributed by atoms with E-state index in [1.807, 2.05) is 24.3 Å². The SMILES string of the molecule is CC(C)C(O)C(=O)N[C@@H](C)C(=O)N1CCC[C@H]1c1ncc(-c2ccc(-c3ccc(-c4cnc([C@@H]5CCCN5C(=O)[C@H](C)NC(=O)[C@H](O)C(C)C)[nH]4)cc3)cc2)[nH]1. The Kier molecular flexibility index (Phi) is 12.4. The summed E-state index contributed by atoms with van der Waals surface area (Å²) in [6.07, 6.45) is 4.37. The molecule has 2 fully saturated rings. The van der Waals surface area contributed by atoms with Crippen molar-refractivity contribution in [3.63, 3.8) is 0 Å². The molecule has 14 heteroatoms. The number of aliphatic hydroxyl groups is 2. The lowest BCUT2D eigenvalue weighted by atomic mass is 10.0. The summed E-state index contributed by atoms with van der Waals surface area (Å²) in [6, 6.07) is 14.3. The van der Waals surface area contributed by atoms with Gasteiger partial charge in [0.25, 0.3) is 0 Å². The van der Waals surface area contributed by atoms with Crippen LogP contribution in [0, 0.1) is 11.8 Å². The molecule has 6 atom stereocenters. The predicted molar refractivity (Wildman–Crippen MR) is 211 cm³/mol. The zero-order chi connectivity index (χ0) is 40.3. The van der Waals surface area contributed by atoms with Crippen molar-refractivity contribution in [2.75, 3.05) is 13.1 Å². The second-order valence-electron chi connectivity index (χ2n) is 15.7. The van der Waals surface area contributed by atoms with Crippen LogP contribution in [0.1, 0.15) is 91.0 Å². The number of H-pyrrole nitrogens is 2. The number of carbonyl (C=O) groups is 4. The number of nitrogens with one attached hydrogen (secondary N) is 4. The van der Waals surface area contributed by atoms with Crippen molar-refractivity contribution in [1.29, 1.82) is 0 Å². The number of amides is 4. The average Bonchev–Trinajstić information content (AvgIpc) is 4.03. The van der Waals surface area contributed by atoms with Crippen molar-refractivity contribution < 1.29 is 29.4 Å². The molecule has 0 spiro atoms. The quantitative estimate of drug-likeness (QED) is 0.114. The Morgan fingerprint density at radius 3 is 1.29 bits per heavy atom. The van der Waals surface area contributed by atoms with E-state index in [1.54, 1.807) is 63.7 Å². The number of carbonyl (C=O) groups excluding carboxylic acids is 4. The van der Waals surface area contributed by atoms with Gasteiger partial charge in [0, 0.05) is 13.1 Å². The number of aromatic amines is 2. The van der Waals surface area contributed by atoms with E-state index >= 15 is 0 Å². The van der Waals surface area contributed by atoms with E-state index in [1.165, 1.54) is 0 Å². The summed E-state index contributed by atoms with van der Waals surface area (Å²) < 4.78 is 0. The first-order valence-electron chi connectivity index (χ1n) is 19.6. The van der Waals surface area contributed by atoms with E-state index < -0.39 is 36.1 Å². The maximum atomic E-state index is 13.3. The van der Waals surface area contributed by atoms with Crippen molar-refractivity contribution >= 4 is 23.6 Å². The molecule has 2 aliphatic heterocycles. The number of hydrogen-bond donors (Lipinski definition) is 6. The molecule has 0 saturated carbocycles. The summed E-state index contributed by atoms with van der Waals surface area (Å²) in [5.41, 5.74) is 5.67. The van der Waals surface area contributed by atoms with Gasteiger partial charge in [-0.15, -0.1) is 0 Å². The summed E-state index contributed by atoms with van der Waals surface area (Å²) in [4.78, 5) is 71.0. The largest absolute Gasteiger partial charge is 0.383 e. The van der Waals surface area contributed by atoms with Crippen LogP contribution in [-0.2, 0) is 19.2 Å². The molecule has 1 unspecified atom stereocenters. The van der Waals surface area contributed by atoms with E-state index in [0.29, 0.717) is 24.7 Å². The second-order valence-corrected chi connectivity index (χ2v) is 15.7. The Labute approximate surface area is 327 Å². The molecule has 2 aromatic heterocycles. The van der Waals surface area contributed by atoms with Crippen LogP contribution in [0.3, 0.4) is 0 Å². The zero-order valence-electron chi connectivity index (χ0n) is 33.0. The van der Waals surface area contributed by atoms with Gasteiger partial charge in [0.05, 0.1) is 35.9 Å². The lowest BCUT2D eigenvalue weighted by molar-refractivity contribution is -0.140. The molecule has 4 amide bonds. The van der Waals surface area contributed by atoms with Gasteiger partial charge in [-0.2, -0.15) is 0 Å². The number of likely N-dealkylation sites (tertiary alicyclic amines) is 2. The molecule has 4 heterocycles. The van der Waals surface area contributed by atoms with Crippen molar-refractivity contribution in [2.45, 2.75) is 104 Å². The van der Waals surface area contributed by atoms with Crippen molar-refractivity contribution in [3.05, 3.63) is 72.6 Å². The fourth-order valence-corrected chi connectivity index (χ4v) is 7.44. The first kappa shape index (κ1) is 40.3. The number of imidazole rings is 2. The third-order valence-corrected chi connectivity index (χ3v) is 10.9. The summed E-state index contributed by atoms with van der Waals surface area (Å²) >= 11 is 0. The molecule has 2 aromatic carbocycles. The van der Waals surface area contributed by atoms with Gasteiger partial charge in [0.1, 0.15) is 35.9 Å². The van der Waals surface area contributed by atoms with Crippen LogP contribution in [0.15, 0.2) is 60.9 Å². The van der Waals surface area contributed by atoms with E-state index in [0.717, 1.165) is 59.3 Å². The topological polar surface area (TPSA) is 197 Å². The predicted octanol–water partition coefficient (Wildman–Crippen LogP) is 4.50. The van der Waals surface area contributed by atoms with E-state index in [2.05, 4.69) is 54.8 Å². The molecule has 0 bridgehead atoms. The number of benzene rings is 2. The Balaban J connectivity index is 1.07. The molecule has 2 aliphatic rings. The molecule has 6 rings (SSSR count). The van der Waals surface area contributed by atoms with Gasteiger partial charge in [0.15, 0.2) is 0 Å². The highest BCUT2D eigenvalue weighted by Gasteiger charge is 2.37. The highest BCUT2D eigenvalue weighted by molar-refractivity contribution is 5.90. The van der Waals surface area contributed by atoms with E-state index in [4.69, 9.17) is 0 Å². The van der Waals surface area contributed by atoms with Gasteiger partial charge < -0.3 is 40.6 Å². The van der Waals surface area contributed by atoms with Crippen LogP contribution in [-0.4, -0.2) is 101 Å². The first-order chi connectivity index (χ1) is 26.7. The number of rotatable bonds is 13. The molecule has 14 nitrogen and oxygen atoms in total. The summed E-state index contributed by atoms with van der Waals surface area (Å²) in [5, 5.41) is 25.5. The lowest BCUT2D eigenvalue weighted by Gasteiger charge is -2.27. The van der Waals surface area contributed by atoms with Gasteiger partial charge >= 0.3 is 0 Å². The molecule has 2 saturated heterocycles. The van der Waals surface area contributed by atoms with Crippen molar-refractivity contribution in [3.8, 4) is 33.6 Å². The molecule has 298 valence electrons. The lowest BCUT2D eigenvalue weighted by Crippen LogP contribution is -2.50. The van der Waals surface area contributed by atoms with Crippen LogP contribution in [0.4, 0.5) is 0 Å². The monoisotopic (exact) mass is 766 g/mol. The van der Waals surface area contributed by atoms with Gasteiger partial charge in [-0.25, -0.2) is 9.97 Å². The summed E-state index contributed by atoms with van der Waals surface area (Å²) in [7, 11) is 0. The Bertz CT molecular complexity index is 1860. The molecular weight excluding hydrogens is 713 g/mol. The first-order valence-corrected chi connectivity index (χ1v) is 19.6. The fraction of sp³-hybridized carbons (Fsp3) is 0.476. The minimum absolute atomic E-state index is 0.205. The highest BCUT2D eigenvalue weighted by atomic mass is 16.3. The summed E-state index contributed by atoms with van der Waals surface area (Å²) in [6.45, 7) is 11.4. The minimum Gasteiger partial charge on any atom is -0.383 e. The van der Waals surface area contributed by atoms with Gasteiger partial charge in [-0.3, -0.25) is 19.2 Å². The minimum atomic E-state index is -1.17. The number of aliphatic hydroxyl groups excluding tert-OH is 2. The van der Waals surface area contributed by atoms with Gasteiger partial charge in [0.2, 0.25) is 23.6 Å². The fourth-order valence-electron chi connectivity index (χ4n) is 7.44. The second kappa shape index (κ2) is 17.2. The summed E-state index contributed by atoms with van der Waals surface area (Å²) in [5.74, 6) is -0.625. The third kappa shape index (κ3) is 8.71. The molecule has 0 radical (unpaired) electrons. The van der Waals surface area contributed by atoms with Crippen molar-refractivity contribution in [2.24, 2.45) is 11.8 Å². The Hall–Kier alpha value is -5.34. The van der Waals surface area contributed by atoms with Gasteiger partial charge in [-0.1, -0.05) is 76.2 Å². The molecular formula is C42H54N8O6.